The fraction of sp³-hybridized carbons (Fsp3) is 0.300. The molecule has 0 fully saturated rings. The molecule has 1 aliphatic rings. The summed E-state index contributed by atoms with van der Waals surface area (Å²) in [5.74, 6) is 0. The molecule has 0 radical (unpaired) electrons. The highest BCUT2D eigenvalue weighted by Gasteiger charge is 2.10. The van der Waals surface area contributed by atoms with Gasteiger partial charge in [0.05, 0.1) is 0 Å². The van der Waals surface area contributed by atoms with Gasteiger partial charge >= 0.3 is 0 Å². The summed E-state index contributed by atoms with van der Waals surface area (Å²) in [6.07, 6.45) is 2.91. The molecule has 1 aromatic rings. The van der Waals surface area contributed by atoms with Gasteiger partial charge in [-0.3, -0.25) is 4.99 Å². The molecule has 0 amide bonds. The Morgan fingerprint density at radius 1 is 1.42 bits per heavy atom. The minimum absolute atomic E-state index is 0.819. The standard InChI is InChI=1S/C10H10ClN/c1-7-2-3-10(11)9-6-12-5-4-8(7)9/h2-3,6H,4-5H2,1H3. The van der Waals surface area contributed by atoms with Crippen molar-refractivity contribution in [2.75, 3.05) is 6.54 Å². The average Bonchev–Trinajstić information content (AvgIpc) is 2.12. The second-order valence-corrected chi connectivity index (χ2v) is 3.45. The number of fused-ring (bicyclic) bond motifs is 1. The van der Waals surface area contributed by atoms with Crippen LogP contribution in [0.4, 0.5) is 0 Å². The summed E-state index contributed by atoms with van der Waals surface area (Å²) in [4.78, 5) is 4.21. The predicted octanol–water partition coefficient (Wildman–Crippen LogP) is 2.62. The second kappa shape index (κ2) is 2.91. The van der Waals surface area contributed by atoms with Gasteiger partial charge in [-0.1, -0.05) is 17.7 Å². The van der Waals surface area contributed by atoms with E-state index in [2.05, 4.69) is 18.0 Å². The van der Waals surface area contributed by atoms with E-state index in [-0.39, 0.29) is 0 Å². The van der Waals surface area contributed by atoms with Crippen LogP contribution in [0.2, 0.25) is 5.02 Å². The first-order chi connectivity index (χ1) is 5.79. The van der Waals surface area contributed by atoms with Crippen LogP contribution in [0.1, 0.15) is 16.7 Å². The van der Waals surface area contributed by atoms with E-state index in [1.54, 1.807) is 0 Å². The molecule has 2 rings (SSSR count). The third-order valence-electron chi connectivity index (χ3n) is 2.25. The number of rotatable bonds is 0. The smallest absolute Gasteiger partial charge is 0.0496 e. The Morgan fingerprint density at radius 2 is 2.25 bits per heavy atom. The molecule has 1 aromatic carbocycles. The number of aliphatic imine (C=N–C) groups is 1. The van der Waals surface area contributed by atoms with Crippen LogP contribution in [0.3, 0.4) is 0 Å². The molecule has 0 spiro atoms. The first-order valence-corrected chi connectivity index (χ1v) is 4.44. The zero-order valence-electron chi connectivity index (χ0n) is 6.97. The van der Waals surface area contributed by atoms with E-state index in [4.69, 9.17) is 11.6 Å². The first-order valence-electron chi connectivity index (χ1n) is 4.07. The molecule has 2 heteroatoms. The van der Waals surface area contributed by atoms with Crippen molar-refractivity contribution in [3.05, 3.63) is 33.8 Å². The lowest BCUT2D eigenvalue weighted by atomic mass is 9.98. The van der Waals surface area contributed by atoms with Crippen LogP contribution in [-0.2, 0) is 6.42 Å². The van der Waals surface area contributed by atoms with Gasteiger partial charge in [-0.05, 0) is 30.5 Å². The van der Waals surface area contributed by atoms with E-state index in [1.165, 1.54) is 11.1 Å². The molecule has 0 aliphatic carbocycles. The third kappa shape index (κ3) is 1.14. The van der Waals surface area contributed by atoms with E-state index in [0.717, 1.165) is 23.6 Å². The fourth-order valence-electron chi connectivity index (χ4n) is 1.55. The molecule has 1 nitrogen and oxygen atoms in total. The van der Waals surface area contributed by atoms with Gasteiger partial charge in [-0.25, -0.2) is 0 Å². The Hall–Kier alpha value is -0.820. The summed E-state index contributed by atoms with van der Waals surface area (Å²) >= 11 is 6.02. The molecule has 1 heterocycles. The minimum Gasteiger partial charge on any atom is -0.292 e. The van der Waals surface area contributed by atoms with E-state index in [9.17, 15) is 0 Å². The maximum absolute atomic E-state index is 6.02. The summed E-state index contributed by atoms with van der Waals surface area (Å²) in [5, 5.41) is 0.819. The lowest BCUT2D eigenvalue weighted by Crippen LogP contribution is -2.05. The Kier molecular flexibility index (Phi) is 1.89. The topological polar surface area (TPSA) is 12.4 Å². The number of benzene rings is 1. The van der Waals surface area contributed by atoms with Gasteiger partial charge in [-0.2, -0.15) is 0 Å². The van der Waals surface area contributed by atoms with E-state index >= 15 is 0 Å². The van der Waals surface area contributed by atoms with E-state index in [0.29, 0.717) is 0 Å². The molecular formula is C10H10ClN. The van der Waals surface area contributed by atoms with Crippen molar-refractivity contribution in [2.45, 2.75) is 13.3 Å². The highest BCUT2D eigenvalue weighted by atomic mass is 35.5. The number of nitrogens with zero attached hydrogens (tertiary/aromatic N) is 1. The lowest BCUT2D eigenvalue weighted by Gasteiger charge is -2.13. The van der Waals surface area contributed by atoms with Crippen molar-refractivity contribution in [3.63, 3.8) is 0 Å². The monoisotopic (exact) mass is 179 g/mol. The zero-order chi connectivity index (χ0) is 8.55. The lowest BCUT2D eigenvalue weighted by molar-refractivity contribution is 0.941. The van der Waals surface area contributed by atoms with Gasteiger partial charge < -0.3 is 0 Å². The van der Waals surface area contributed by atoms with Gasteiger partial charge in [-0.15, -0.1) is 0 Å². The SMILES string of the molecule is Cc1ccc(Cl)c2c1CCN=C2. The summed E-state index contributed by atoms with van der Waals surface area (Å²) in [6, 6.07) is 4.01. The molecular weight excluding hydrogens is 170 g/mol. The Morgan fingerprint density at radius 3 is 3.00 bits per heavy atom. The van der Waals surface area contributed by atoms with Crippen LogP contribution >= 0.6 is 11.6 Å². The molecule has 0 saturated heterocycles. The summed E-state index contributed by atoms with van der Waals surface area (Å²) in [5.41, 5.74) is 3.79. The number of aryl methyl sites for hydroxylation is 1. The molecule has 0 atom stereocenters. The molecule has 0 saturated carbocycles. The molecule has 1 aliphatic heterocycles. The van der Waals surface area contributed by atoms with E-state index < -0.39 is 0 Å². The molecule has 12 heavy (non-hydrogen) atoms. The molecule has 0 unspecified atom stereocenters. The van der Waals surface area contributed by atoms with Crippen LogP contribution in [0.25, 0.3) is 0 Å². The van der Waals surface area contributed by atoms with Gasteiger partial charge in [0, 0.05) is 23.3 Å². The largest absolute Gasteiger partial charge is 0.292 e. The predicted molar refractivity (Wildman–Crippen MR) is 52.4 cm³/mol. The highest BCUT2D eigenvalue weighted by Crippen LogP contribution is 2.24. The maximum Gasteiger partial charge on any atom is 0.0496 e. The van der Waals surface area contributed by atoms with Gasteiger partial charge in [0.1, 0.15) is 0 Å². The van der Waals surface area contributed by atoms with Crippen LogP contribution in [0, 0.1) is 6.92 Å². The molecule has 0 N–H and O–H groups in total. The van der Waals surface area contributed by atoms with Crippen LogP contribution in [0.5, 0.6) is 0 Å². The van der Waals surface area contributed by atoms with Gasteiger partial charge in [0.2, 0.25) is 0 Å². The van der Waals surface area contributed by atoms with Crippen molar-refractivity contribution in [1.82, 2.24) is 0 Å². The van der Waals surface area contributed by atoms with Gasteiger partial charge in [0.15, 0.2) is 0 Å². The van der Waals surface area contributed by atoms with Crippen LogP contribution < -0.4 is 0 Å². The Bertz CT molecular complexity index is 342. The average molecular weight is 180 g/mol. The minimum atomic E-state index is 0.819. The zero-order valence-corrected chi connectivity index (χ0v) is 7.73. The van der Waals surface area contributed by atoms with Crippen molar-refractivity contribution in [3.8, 4) is 0 Å². The highest BCUT2D eigenvalue weighted by molar-refractivity contribution is 6.33. The molecule has 0 aromatic heterocycles. The number of hydrogen-bond acceptors (Lipinski definition) is 1. The van der Waals surface area contributed by atoms with Crippen molar-refractivity contribution >= 4 is 17.8 Å². The van der Waals surface area contributed by atoms with Gasteiger partial charge in [0.25, 0.3) is 0 Å². The second-order valence-electron chi connectivity index (χ2n) is 3.04. The fourth-order valence-corrected chi connectivity index (χ4v) is 1.77. The van der Waals surface area contributed by atoms with Crippen molar-refractivity contribution in [2.24, 2.45) is 4.99 Å². The molecule has 62 valence electrons. The Balaban J connectivity index is 2.67. The summed E-state index contributed by atoms with van der Waals surface area (Å²) in [7, 11) is 0. The summed E-state index contributed by atoms with van der Waals surface area (Å²) < 4.78 is 0. The van der Waals surface area contributed by atoms with E-state index in [1.807, 2.05) is 12.3 Å². The number of halogens is 1. The third-order valence-corrected chi connectivity index (χ3v) is 2.58. The number of hydrogen-bond donors (Lipinski definition) is 0. The van der Waals surface area contributed by atoms with Crippen molar-refractivity contribution < 1.29 is 0 Å². The van der Waals surface area contributed by atoms with Crippen LogP contribution in [-0.4, -0.2) is 12.8 Å². The van der Waals surface area contributed by atoms with Crippen molar-refractivity contribution in [1.29, 1.82) is 0 Å². The summed E-state index contributed by atoms with van der Waals surface area (Å²) in [6.45, 7) is 3.02. The maximum atomic E-state index is 6.02. The quantitative estimate of drug-likeness (QED) is 0.581. The molecule has 0 bridgehead atoms. The first kappa shape index (κ1) is 7.81. The Labute approximate surface area is 77.1 Å². The normalized spacial score (nSPS) is 14.5. The van der Waals surface area contributed by atoms with Crippen LogP contribution in [0.15, 0.2) is 17.1 Å².